The van der Waals surface area contributed by atoms with Gasteiger partial charge in [-0.25, -0.2) is 4.52 Å². The maximum Gasteiger partial charge on any atom is 0.223 e. The van der Waals surface area contributed by atoms with Crippen LogP contribution in [0, 0.1) is 5.92 Å². The van der Waals surface area contributed by atoms with Crippen LogP contribution in [0.25, 0.3) is 5.52 Å². The number of rotatable bonds is 6. The van der Waals surface area contributed by atoms with E-state index in [0.717, 1.165) is 21.3 Å². The number of amides is 1. The van der Waals surface area contributed by atoms with E-state index in [2.05, 4.69) is 28.0 Å². The molecule has 6 nitrogen and oxygen atoms in total. The van der Waals surface area contributed by atoms with Gasteiger partial charge in [0, 0.05) is 29.6 Å². The summed E-state index contributed by atoms with van der Waals surface area (Å²) in [7, 11) is 1.64. The van der Waals surface area contributed by atoms with Crippen molar-refractivity contribution in [3.63, 3.8) is 0 Å². The predicted molar refractivity (Wildman–Crippen MR) is 119 cm³/mol. The molecule has 0 saturated carbocycles. The van der Waals surface area contributed by atoms with Gasteiger partial charge in [-0.1, -0.05) is 23.7 Å². The maximum atomic E-state index is 12.8. The molecule has 2 aromatic heterocycles. The van der Waals surface area contributed by atoms with E-state index in [0.29, 0.717) is 23.7 Å². The molecule has 1 fully saturated rings. The Morgan fingerprint density at radius 3 is 2.70 bits per heavy atom. The van der Waals surface area contributed by atoms with Gasteiger partial charge >= 0.3 is 0 Å². The van der Waals surface area contributed by atoms with Crippen molar-refractivity contribution in [1.29, 1.82) is 0 Å². The number of carbonyl (C=O) groups is 1. The van der Waals surface area contributed by atoms with Crippen LogP contribution in [0.3, 0.4) is 0 Å². The fraction of sp³-hybridized carbons (Fsp3) is 0.364. The third kappa shape index (κ3) is 4.01. The molecule has 0 aliphatic carbocycles. The molecular weight excluding hydrogens is 470 g/mol. The average molecular weight is 493 g/mol. The summed E-state index contributed by atoms with van der Waals surface area (Å²) in [5.74, 6) is 1.67. The Hall–Kier alpha value is -2.25. The quantitative estimate of drug-likeness (QED) is 0.478. The first-order valence-electron chi connectivity index (χ1n) is 9.80. The smallest absolute Gasteiger partial charge is 0.223 e. The molecule has 1 saturated heterocycles. The van der Waals surface area contributed by atoms with E-state index in [-0.39, 0.29) is 24.0 Å². The van der Waals surface area contributed by atoms with Gasteiger partial charge in [-0.05, 0) is 53.5 Å². The number of nitrogens with zero attached hydrogens (tertiary/aromatic N) is 3. The van der Waals surface area contributed by atoms with Crippen molar-refractivity contribution in [2.45, 2.75) is 32.4 Å². The Kier molecular flexibility index (Phi) is 5.93. The molecule has 3 heterocycles. The van der Waals surface area contributed by atoms with Gasteiger partial charge in [0.25, 0.3) is 0 Å². The molecule has 0 N–H and O–H groups in total. The number of likely N-dealkylation sites (tertiary alicyclic amines) is 1. The molecule has 0 radical (unpaired) electrons. The number of pyridine rings is 1. The van der Waals surface area contributed by atoms with Gasteiger partial charge in [0.1, 0.15) is 23.1 Å². The van der Waals surface area contributed by atoms with E-state index in [4.69, 9.17) is 21.1 Å². The van der Waals surface area contributed by atoms with Crippen LogP contribution in [0.4, 0.5) is 0 Å². The number of hydrogen-bond donors (Lipinski definition) is 0. The zero-order valence-electron chi connectivity index (χ0n) is 17.0. The van der Waals surface area contributed by atoms with E-state index in [1.54, 1.807) is 17.8 Å². The minimum atomic E-state index is -0.161. The zero-order chi connectivity index (χ0) is 21.4. The molecule has 3 atom stereocenters. The monoisotopic (exact) mass is 491 g/mol. The summed E-state index contributed by atoms with van der Waals surface area (Å²) in [5, 5.41) is 4.77. The average Bonchev–Trinajstić information content (AvgIpc) is 3.30. The van der Waals surface area contributed by atoms with Crippen LogP contribution in [0.5, 0.6) is 11.5 Å². The van der Waals surface area contributed by atoms with E-state index in [9.17, 15) is 4.79 Å². The Balaban J connectivity index is 1.49. The maximum absolute atomic E-state index is 12.8. The lowest BCUT2D eigenvalue weighted by atomic mass is 10.0. The highest BCUT2D eigenvalue weighted by Gasteiger charge is 2.37. The number of halogens is 2. The van der Waals surface area contributed by atoms with Crippen LogP contribution in [-0.2, 0) is 4.79 Å². The third-order valence-corrected chi connectivity index (χ3v) is 6.44. The fourth-order valence-corrected chi connectivity index (χ4v) is 4.54. The summed E-state index contributed by atoms with van der Waals surface area (Å²) in [4.78, 5) is 14.7. The van der Waals surface area contributed by atoms with Crippen LogP contribution in [0.2, 0.25) is 5.02 Å². The molecule has 158 valence electrons. The summed E-state index contributed by atoms with van der Waals surface area (Å²) in [6.07, 6.45) is 3.72. The fourth-order valence-electron chi connectivity index (χ4n) is 3.92. The second kappa shape index (κ2) is 8.47. The molecule has 0 spiro atoms. The van der Waals surface area contributed by atoms with E-state index in [1.165, 1.54) is 0 Å². The predicted octanol–water partition coefficient (Wildman–Crippen LogP) is 5.14. The summed E-state index contributed by atoms with van der Waals surface area (Å²) in [6.45, 7) is 4.70. The minimum absolute atomic E-state index is 0.0116. The van der Waals surface area contributed by atoms with Crippen LogP contribution in [0.1, 0.15) is 31.9 Å². The van der Waals surface area contributed by atoms with Crippen LogP contribution in [0.15, 0.2) is 47.2 Å². The molecule has 3 aromatic rings. The highest BCUT2D eigenvalue weighted by Crippen LogP contribution is 2.35. The first kappa shape index (κ1) is 21.0. The lowest BCUT2D eigenvalue weighted by Crippen LogP contribution is -2.31. The molecule has 8 heteroatoms. The van der Waals surface area contributed by atoms with Gasteiger partial charge in [0.05, 0.1) is 24.4 Å². The second-order valence-corrected chi connectivity index (χ2v) is 8.91. The number of aromatic nitrogens is 2. The van der Waals surface area contributed by atoms with Crippen molar-refractivity contribution in [3.8, 4) is 11.5 Å². The number of carbonyl (C=O) groups excluding carboxylic acids is 1. The standard InChI is InChI=1S/C22H23BrClN3O3/c1-13(15-4-6-18(29-3)7-5-15)26-11-16(8-21(26)28)14(2)30-20-9-17(23)12-27-22(20)19(24)10-25-27/h4-7,9-10,12-14,16H,8,11H2,1-3H3/t13-,14-,16-/m1/s1. The highest BCUT2D eigenvalue weighted by atomic mass is 79.9. The number of fused-ring (bicyclic) bond motifs is 1. The summed E-state index contributed by atoms with van der Waals surface area (Å²) in [6, 6.07) is 9.72. The minimum Gasteiger partial charge on any atom is -0.497 e. The molecule has 1 aromatic carbocycles. The van der Waals surface area contributed by atoms with Crippen molar-refractivity contribution >= 4 is 39.0 Å². The first-order chi connectivity index (χ1) is 14.4. The van der Waals surface area contributed by atoms with Gasteiger partial charge in [-0.2, -0.15) is 5.10 Å². The molecule has 1 aliphatic heterocycles. The summed E-state index contributed by atoms with van der Waals surface area (Å²) in [5.41, 5.74) is 1.80. The second-order valence-electron chi connectivity index (χ2n) is 7.59. The van der Waals surface area contributed by atoms with Crippen molar-refractivity contribution in [2.75, 3.05) is 13.7 Å². The number of benzene rings is 1. The van der Waals surface area contributed by atoms with Crippen LogP contribution >= 0.6 is 27.5 Å². The van der Waals surface area contributed by atoms with E-state index >= 15 is 0 Å². The van der Waals surface area contributed by atoms with Crippen LogP contribution < -0.4 is 9.47 Å². The van der Waals surface area contributed by atoms with Gasteiger partial charge in [0.15, 0.2) is 0 Å². The van der Waals surface area contributed by atoms with Crippen molar-refractivity contribution in [2.24, 2.45) is 5.92 Å². The van der Waals surface area contributed by atoms with Crippen molar-refractivity contribution in [1.82, 2.24) is 14.5 Å². The number of hydrogen-bond acceptors (Lipinski definition) is 4. The zero-order valence-corrected chi connectivity index (χ0v) is 19.4. The Bertz CT molecular complexity index is 1070. The molecule has 4 rings (SSSR count). The van der Waals surface area contributed by atoms with Crippen molar-refractivity contribution < 1.29 is 14.3 Å². The highest BCUT2D eigenvalue weighted by molar-refractivity contribution is 9.10. The number of ether oxygens (including phenoxy) is 2. The molecule has 1 aliphatic rings. The largest absolute Gasteiger partial charge is 0.497 e. The first-order valence-corrected chi connectivity index (χ1v) is 11.0. The molecule has 0 bridgehead atoms. The van der Waals surface area contributed by atoms with Gasteiger partial charge < -0.3 is 14.4 Å². The number of methoxy groups -OCH3 is 1. The third-order valence-electron chi connectivity index (χ3n) is 5.73. The van der Waals surface area contributed by atoms with Crippen LogP contribution in [-0.4, -0.2) is 40.2 Å². The van der Waals surface area contributed by atoms with E-state index < -0.39 is 0 Å². The Labute approximate surface area is 188 Å². The molecular formula is C22H23BrClN3O3. The topological polar surface area (TPSA) is 56.1 Å². The normalized spacial score (nSPS) is 18.6. The Morgan fingerprint density at radius 2 is 2.00 bits per heavy atom. The molecule has 0 unspecified atom stereocenters. The lowest BCUT2D eigenvalue weighted by molar-refractivity contribution is -0.129. The van der Waals surface area contributed by atoms with Gasteiger partial charge in [-0.3, -0.25) is 4.79 Å². The summed E-state index contributed by atoms with van der Waals surface area (Å²) >= 11 is 9.79. The van der Waals surface area contributed by atoms with Crippen molar-refractivity contribution in [3.05, 3.63) is 57.8 Å². The summed E-state index contributed by atoms with van der Waals surface area (Å²) < 4.78 is 14.0. The van der Waals surface area contributed by atoms with Gasteiger partial charge in [-0.15, -0.1) is 0 Å². The lowest BCUT2D eigenvalue weighted by Gasteiger charge is -2.27. The Morgan fingerprint density at radius 1 is 1.27 bits per heavy atom. The van der Waals surface area contributed by atoms with Gasteiger partial charge in [0.2, 0.25) is 5.91 Å². The molecule has 1 amide bonds. The van der Waals surface area contributed by atoms with E-state index in [1.807, 2.05) is 48.4 Å². The molecule has 30 heavy (non-hydrogen) atoms. The SMILES string of the molecule is COc1ccc([C@@H](C)N2C[C@H]([C@@H](C)Oc3cc(Br)cn4ncc(Cl)c34)CC2=O)cc1.